The standard InChI is InChI=1S/C22H23F3N6O3/c1-2-3-12-30-18-16(27-20(28-18)22(23,24)25)19(32)31(21(30)33)13-8-7-11-15-26-17(29-34-15)14-9-5-4-6-10-14/h4-6,9-10H,2-3,7-8,11-13H2,1H3,(H,27,28). The number of nitrogens with one attached hydrogen (secondary N) is 1. The fourth-order valence-electron chi connectivity index (χ4n) is 3.62. The van der Waals surface area contributed by atoms with E-state index in [-0.39, 0.29) is 24.3 Å². The third-order valence-electron chi connectivity index (χ3n) is 5.39. The highest BCUT2D eigenvalue weighted by atomic mass is 19.4. The summed E-state index contributed by atoms with van der Waals surface area (Å²) in [4.78, 5) is 35.7. The Labute approximate surface area is 191 Å². The first-order valence-electron chi connectivity index (χ1n) is 11.0. The van der Waals surface area contributed by atoms with Crippen molar-refractivity contribution in [2.24, 2.45) is 0 Å². The molecule has 0 aliphatic heterocycles. The summed E-state index contributed by atoms with van der Waals surface area (Å²) in [6.45, 7) is 2.10. The molecule has 1 aromatic carbocycles. The number of alkyl halides is 3. The molecular weight excluding hydrogens is 453 g/mol. The summed E-state index contributed by atoms with van der Waals surface area (Å²) in [7, 11) is 0. The Morgan fingerprint density at radius 1 is 1.00 bits per heavy atom. The van der Waals surface area contributed by atoms with Gasteiger partial charge in [-0.3, -0.25) is 13.9 Å². The van der Waals surface area contributed by atoms with Crippen LogP contribution in [0.15, 0.2) is 44.4 Å². The van der Waals surface area contributed by atoms with E-state index in [9.17, 15) is 22.8 Å². The van der Waals surface area contributed by atoms with Gasteiger partial charge in [-0.05, 0) is 19.3 Å². The fraction of sp³-hybridized carbons (Fsp3) is 0.409. The van der Waals surface area contributed by atoms with Crippen LogP contribution in [0.5, 0.6) is 0 Å². The van der Waals surface area contributed by atoms with Crippen molar-refractivity contribution in [1.29, 1.82) is 0 Å². The summed E-state index contributed by atoms with van der Waals surface area (Å²) >= 11 is 0. The molecule has 3 heterocycles. The summed E-state index contributed by atoms with van der Waals surface area (Å²) in [5, 5.41) is 3.95. The van der Waals surface area contributed by atoms with Gasteiger partial charge >= 0.3 is 11.9 Å². The number of hydrogen-bond donors (Lipinski definition) is 1. The number of aromatic amines is 1. The molecule has 0 amide bonds. The molecule has 0 atom stereocenters. The molecule has 0 aliphatic carbocycles. The molecular formula is C22H23F3N6O3. The van der Waals surface area contributed by atoms with Crippen LogP contribution in [0.25, 0.3) is 22.6 Å². The lowest BCUT2D eigenvalue weighted by atomic mass is 10.2. The van der Waals surface area contributed by atoms with Gasteiger partial charge < -0.3 is 9.51 Å². The first-order valence-corrected chi connectivity index (χ1v) is 11.0. The van der Waals surface area contributed by atoms with E-state index in [0.29, 0.717) is 37.4 Å². The molecule has 0 bridgehead atoms. The van der Waals surface area contributed by atoms with Crippen LogP contribution in [0.1, 0.15) is 44.3 Å². The van der Waals surface area contributed by atoms with Crippen molar-refractivity contribution in [3.63, 3.8) is 0 Å². The third kappa shape index (κ3) is 4.80. The molecule has 1 N–H and O–H groups in total. The van der Waals surface area contributed by atoms with Crippen LogP contribution in [-0.2, 0) is 25.7 Å². The summed E-state index contributed by atoms with van der Waals surface area (Å²) < 4.78 is 46.8. The van der Waals surface area contributed by atoms with Crippen molar-refractivity contribution in [3.8, 4) is 11.4 Å². The number of hydrogen-bond acceptors (Lipinski definition) is 6. The number of halogens is 3. The van der Waals surface area contributed by atoms with E-state index in [1.165, 1.54) is 0 Å². The number of imidazole rings is 1. The zero-order valence-electron chi connectivity index (χ0n) is 18.4. The molecule has 12 heteroatoms. The second-order valence-electron chi connectivity index (χ2n) is 7.86. The maximum atomic E-state index is 13.2. The topological polar surface area (TPSA) is 112 Å². The predicted octanol–water partition coefficient (Wildman–Crippen LogP) is 3.78. The minimum Gasteiger partial charge on any atom is -0.339 e. The van der Waals surface area contributed by atoms with E-state index < -0.39 is 23.2 Å². The number of H-pyrrole nitrogens is 1. The van der Waals surface area contributed by atoms with Crippen molar-refractivity contribution in [2.75, 3.05) is 0 Å². The largest absolute Gasteiger partial charge is 0.449 e. The van der Waals surface area contributed by atoms with E-state index in [0.717, 1.165) is 21.1 Å². The molecule has 4 rings (SSSR count). The van der Waals surface area contributed by atoms with E-state index in [2.05, 4.69) is 20.1 Å². The average molecular weight is 476 g/mol. The van der Waals surface area contributed by atoms with Gasteiger partial charge in [0.15, 0.2) is 5.65 Å². The van der Waals surface area contributed by atoms with Crippen LogP contribution in [0.2, 0.25) is 0 Å². The van der Waals surface area contributed by atoms with Crippen LogP contribution in [0.4, 0.5) is 13.2 Å². The molecule has 0 saturated heterocycles. The zero-order chi connectivity index (χ0) is 24.3. The minimum absolute atomic E-state index is 0.0415. The quantitative estimate of drug-likeness (QED) is 0.368. The Morgan fingerprint density at radius 3 is 2.44 bits per heavy atom. The molecule has 0 saturated carbocycles. The van der Waals surface area contributed by atoms with Gasteiger partial charge in [-0.1, -0.05) is 48.8 Å². The maximum Gasteiger partial charge on any atom is 0.449 e. The van der Waals surface area contributed by atoms with Crippen LogP contribution >= 0.6 is 0 Å². The van der Waals surface area contributed by atoms with Gasteiger partial charge in [0.1, 0.15) is 5.52 Å². The fourth-order valence-corrected chi connectivity index (χ4v) is 3.62. The normalized spacial score (nSPS) is 12.0. The van der Waals surface area contributed by atoms with Crippen molar-refractivity contribution < 1.29 is 17.7 Å². The highest BCUT2D eigenvalue weighted by Crippen LogP contribution is 2.27. The molecule has 3 aromatic heterocycles. The first kappa shape index (κ1) is 23.5. The minimum atomic E-state index is -4.76. The lowest BCUT2D eigenvalue weighted by Crippen LogP contribution is -2.40. The Kier molecular flexibility index (Phi) is 6.66. The van der Waals surface area contributed by atoms with Gasteiger partial charge in [0.25, 0.3) is 5.56 Å². The number of aryl methyl sites for hydroxylation is 2. The molecule has 9 nitrogen and oxygen atoms in total. The lowest BCUT2D eigenvalue weighted by molar-refractivity contribution is -0.144. The summed E-state index contributed by atoms with van der Waals surface area (Å²) in [5.74, 6) is -0.409. The highest BCUT2D eigenvalue weighted by molar-refractivity contribution is 5.70. The number of unbranched alkanes of at least 4 members (excludes halogenated alkanes) is 2. The molecule has 0 aliphatic rings. The van der Waals surface area contributed by atoms with Gasteiger partial charge in [0, 0.05) is 25.1 Å². The Balaban J connectivity index is 1.52. The van der Waals surface area contributed by atoms with E-state index >= 15 is 0 Å². The second-order valence-corrected chi connectivity index (χ2v) is 7.86. The van der Waals surface area contributed by atoms with E-state index in [1.807, 2.05) is 37.3 Å². The van der Waals surface area contributed by atoms with Gasteiger partial charge in [-0.25, -0.2) is 9.78 Å². The van der Waals surface area contributed by atoms with Crippen molar-refractivity contribution in [3.05, 3.63) is 62.9 Å². The zero-order valence-corrected chi connectivity index (χ0v) is 18.4. The number of fused-ring (bicyclic) bond motifs is 1. The second kappa shape index (κ2) is 9.65. The molecule has 0 fully saturated rings. The third-order valence-corrected chi connectivity index (χ3v) is 5.39. The Morgan fingerprint density at radius 2 is 1.74 bits per heavy atom. The predicted molar refractivity (Wildman–Crippen MR) is 117 cm³/mol. The van der Waals surface area contributed by atoms with Crippen molar-refractivity contribution in [1.82, 2.24) is 29.2 Å². The first-order chi connectivity index (χ1) is 16.3. The number of rotatable bonds is 9. The molecule has 0 spiro atoms. The smallest absolute Gasteiger partial charge is 0.339 e. The van der Waals surface area contributed by atoms with Crippen molar-refractivity contribution in [2.45, 2.75) is 58.3 Å². The van der Waals surface area contributed by atoms with Crippen LogP contribution in [-0.4, -0.2) is 29.2 Å². The molecule has 0 unspecified atom stereocenters. The van der Waals surface area contributed by atoms with Gasteiger partial charge in [-0.2, -0.15) is 18.2 Å². The van der Waals surface area contributed by atoms with E-state index in [1.54, 1.807) is 0 Å². The van der Waals surface area contributed by atoms with Crippen LogP contribution in [0, 0.1) is 0 Å². The van der Waals surface area contributed by atoms with Crippen LogP contribution < -0.4 is 11.2 Å². The SMILES string of the molecule is CCCCn1c(=O)n(CCCCc2nc(-c3ccccc3)no2)c(=O)c2[nH]c(C(F)(F)F)nc21. The maximum absolute atomic E-state index is 13.2. The Bertz CT molecular complexity index is 1390. The van der Waals surface area contributed by atoms with Crippen LogP contribution in [0.3, 0.4) is 0 Å². The van der Waals surface area contributed by atoms with E-state index in [4.69, 9.17) is 4.52 Å². The summed E-state index contributed by atoms with van der Waals surface area (Å²) in [5.41, 5.74) is -1.27. The number of aromatic nitrogens is 6. The highest BCUT2D eigenvalue weighted by Gasteiger charge is 2.36. The molecule has 34 heavy (non-hydrogen) atoms. The number of nitrogens with zero attached hydrogens (tertiary/aromatic N) is 5. The average Bonchev–Trinajstić information content (AvgIpc) is 3.47. The molecule has 180 valence electrons. The Hall–Kier alpha value is -3.70. The van der Waals surface area contributed by atoms with Gasteiger partial charge in [0.2, 0.25) is 17.5 Å². The van der Waals surface area contributed by atoms with Gasteiger partial charge in [-0.15, -0.1) is 0 Å². The number of benzene rings is 1. The van der Waals surface area contributed by atoms with Crippen molar-refractivity contribution >= 4 is 11.2 Å². The summed E-state index contributed by atoms with van der Waals surface area (Å²) in [6.07, 6.45) is -2.10. The lowest BCUT2D eigenvalue weighted by Gasteiger charge is -2.10. The summed E-state index contributed by atoms with van der Waals surface area (Å²) in [6, 6.07) is 9.34. The molecule has 0 radical (unpaired) electrons. The molecule has 4 aromatic rings. The monoisotopic (exact) mass is 476 g/mol. The van der Waals surface area contributed by atoms with Gasteiger partial charge in [0.05, 0.1) is 0 Å².